The first-order chi connectivity index (χ1) is 14.8. The molecule has 4 rings (SSSR count). The Kier molecular flexibility index (Phi) is 5.41. The minimum Gasteiger partial charge on any atom is -0.465 e. The van der Waals surface area contributed by atoms with Gasteiger partial charge in [0.15, 0.2) is 0 Å². The Morgan fingerprint density at radius 2 is 1.65 bits per heavy atom. The first kappa shape index (κ1) is 20.9. The van der Waals surface area contributed by atoms with E-state index < -0.39 is 12.2 Å². The van der Waals surface area contributed by atoms with Crippen LogP contribution in [0.2, 0.25) is 0 Å². The number of carbonyl (C=O) groups is 3. The van der Waals surface area contributed by atoms with Crippen molar-refractivity contribution in [2.45, 2.75) is 32.4 Å². The van der Waals surface area contributed by atoms with Gasteiger partial charge in [-0.2, -0.15) is 0 Å². The summed E-state index contributed by atoms with van der Waals surface area (Å²) in [5.74, 6) is -0.252. The van der Waals surface area contributed by atoms with Gasteiger partial charge in [-0.25, -0.2) is 4.79 Å². The average Bonchev–Trinajstić information content (AvgIpc) is 3.18. The van der Waals surface area contributed by atoms with E-state index in [4.69, 9.17) is 0 Å². The summed E-state index contributed by atoms with van der Waals surface area (Å²) in [7, 11) is 0. The molecule has 2 heterocycles. The summed E-state index contributed by atoms with van der Waals surface area (Å²) in [6, 6.07) is 12.2. The van der Waals surface area contributed by atoms with E-state index in [0.29, 0.717) is 36.4 Å². The van der Waals surface area contributed by atoms with Gasteiger partial charge in [0, 0.05) is 32.1 Å². The summed E-state index contributed by atoms with van der Waals surface area (Å²) in [5.41, 5.74) is 3.19. The summed E-state index contributed by atoms with van der Waals surface area (Å²) in [5, 5.41) is 19.3. The van der Waals surface area contributed by atoms with E-state index in [-0.39, 0.29) is 24.4 Å². The largest absolute Gasteiger partial charge is 0.465 e. The molecule has 31 heavy (non-hydrogen) atoms. The molecular formula is C23H25N3O5. The molecule has 3 amide bonds. The zero-order valence-corrected chi connectivity index (χ0v) is 17.5. The lowest BCUT2D eigenvalue weighted by atomic mass is 9.99. The molecule has 8 nitrogen and oxygen atoms in total. The fourth-order valence-electron chi connectivity index (χ4n) is 4.38. The van der Waals surface area contributed by atoms with Crippen LogP contribution in [-0.4, -0.2) is 64.8 Å². The Balaban J connectivity index is 1.65. The third kappa shape index (κ3) is 3.86. The van der Waals surface area contributed by atoms with Crippen molar-refractivity contribution in [2.24, 2.45) is 0 Å². The highest BCUT2D eigenvalue weighted by molar-refractivity contribution is 6.03. The molecule has 2 aliphatic rings. The van der Waals surface area contributed by atoms with Gasteiger partial charge < -0.3 is 20.0 Å². The molecule has 0 saturated carbocycles. The molecule has 0 aromatic heterocycles. The number of anilines is 2. The van der Waals surface area contributed by atoms with Crippen LogP contribution in [0.4, 0.5) is 16.2 Å². The minimum atomic E-state index is -1.07. The predicted octanol–water partition coefficient (Wildman–Crippen LogP) is 2.80. The first-order valence-corrected chi connectivity index (χ1v) is 10.3. The fraction of sp³-hybridized carbons (Fsp3) is 0.348. The molecule has 2 aromatic carbocycles. The molecule has 2 atom stereocenters. The van der Waals surface area contributed by atoms with Crippen molar-refractivity contribution in [3.63, 3.8) is 0 Å². The number of aliphatic hydroxyl groups is 1. The molecule has 2 N–H and O–H groups in total. The molecule has 0 radical (unpaired) electrons. The molecule has 0 aliphatic carbocycles. The number of amides is 3. The SMILES string of the molecule is CC(=O)N1c2ccc(-c3ccc(C(=O)N4CC[C@H](O)C4)cc3)cc2N(C(=O)O)C[C@@H]1C. The van der Waals surface area contributed by atoms with Gasteiger partial charge in [0.05, 0.1) is 23.5 Å². The lowest BCUT2D eigenvalue weighted by molar-refractivity contribution is -0.117. The summed E-state index contributed by atoms with van der Waals surface area (Å²) in [6.07, 6.45) is -0.940. The zero-order valence-electron chi connectivity index (χ0n) is 17.5. The first-order valence-electron chi connectivity index (χ1n) is 10.3. The third-order valence-corrected chi connectivity index (χ3v) is 5.90. The number of benzene rings is 2. The Hall–Kier alpha value is -3.39. The number of fused-ring (bicyclic) bond motifs is 1. The van der Waals surface area contributed by atoms with Crippen LogP contribution in [-0.2, 0) is 4.79 Å². The number of carboxylic acid groups (broad SMARTS) is 1. The number of carbonyl (C=O) groups excluding carboxylic acids is 2. The maximum Gasteiger partial charge on any atom is 0.411 e. The van der Waals surface area contributed by atoms with Crippen LogP contribution in [0.1, 0.15) is 30.6 Å². The summed E-state index contributed by atoms with van der Waals surface area (Å²) in [4.78, 5) is 41.1. The number of aliphatic hydroxyl groups excluding tert-OH is 1. The van der Waals surface area contributed by atoms with Crippen LogP contribution in [0.25, 0.3) is 11.1 Å². The molecule has 2 aromatic rings. The highest BCUT2D eigenvalue weighted by Crippen LogP contribution is 2.39. The number of likely N-dealkylation sites (tertiary alicyclic amines) is 1. The summed E-state index contributed by atoms with van der Waals surface area (Å²) >= 11 is 0. The van der Waals surface area contributed by atoms with Crippen molar-refractivity contribution < 1.29 is 24.6 Å². The Labute approximate surface area is 180 Å². The topological polar surface area (TPSA) is 101 Å². The van der Waals surface area contributed by atoms with Crippen molar-refractivity contribution in [3.8, 4) is 11.1 Å². The zero-order chi connectivity index (χ0) is 22.3. The van der Waals surface area contributed by atoms with Crippen LogP contribution < -0.4 is 9.80 Å². The van der Waals surface area contributed by atoms with Gasteiger partial charge in [-0.3, -0.25) is 14.5 Å². The lowest BCUT2D eigenvalue weighted by Crippen LogP contribution is -2.51. The highest BCUT2D eigenvalue weighted by Gasteiger charge is 2.33. The Morgan fingerprint density at radius 3 is 2.23 bits per heavy atom. The Bertz CT molecular complexity index is 1040. The molecule has 1 saturated heterocycles. The standard InChI is InChI=1S/C23H25N3O5/c1-14-12-25(23(30)31)21-11-18(7-8-20(21)26(14)15(2)27)16-3-5-17(6-4-16)22(29)24-10-9-19(28)13-24/h3-8,11,14,19,28H,9-10,12-13H2,1-2H3,(H,30,31)/t14-,19-/m0/s1. The van der Waals surface area contributed by atoms with Crippen LogP contribution in [0.5, 0.6) is 0 Å². The van der Waals surface area contributed by atoms with Gasteiger partial charge >= 0.3 is 6.09 Å². The number of hydrogen-bond acceptors (Lipinski definition) is 4. The summed E-state index contributed by atoms with van der Waals surface area (Å²) < 4.78 is 0. The van der Waals surface area contributed by atoms with Crippen molar-refractivity contribution in [2.75, 3.05) is 29.4 Å². The van der Waals surface area contributed by atoms with E-state index in [2.05, 4.69) is 0 Å². The van der Waals surface area contributed by atoms with Crippen LogP contribution >= 0.6 is 0 Å². The second-order valence-corrected chi connectivity index (χ2v) is 8.11. The maximum absolute atomic E-state index is 12.6. The third-order valence-electron chi connectivity index (χ3n) is 5.90. The molecule has 1 fully saturated rings. The van der Waals surface area contributed by atoms with E-state index in [9.17, 15) is 24.6 Å². The van der Waals surface area contributed by atoms with Gasteiger partial charge in [-0.1, -0.05) is 18.2 Å². The van der Waals surface area contributed by atoms with Gasteiger partial charge in [0.1, 0.15) is 0 Å². The van der Waals surface area contributed by atoms with Crippen molar-refractivity contribution in [1.82, 2.24) is 4.90 Å². The monoisotopic (exact) mass is 423 g/mol. The fourth-order valence-corrected chi connectivity index (χ4v) is 4.38. The number of β-amino-alcohol motifs (C(OH)–C–C–N with tert-alkyl or cyclic N) is 1. The second kappa shape index (κ2) is 8.03. The highest BCUT2D eigenvalue weighted by atomic mass is 16.4. The van der Waals surface area contributed by atoms with Crippen LogP contribution in [0, 0.1) is 0 Å². The molecule has 162 valence electrons. The van der Waals surface area contributed by atoms with Gasteiger partial charge in [-0.05, 0) is 48.7 Å². The second-order valence-electron chi connectivity index (χ2n) is 8.11. The van der Waals surface area contributed by atoms with E-state index in [0.717, 1.165) is 11.1 Å². The maximum atomic E-state index is 12.6. The average molecular weight is 423 g/mol. The van der Waals surface area contributed by atoms with Gasteiger partial charge in [-0.15, -0.1) is 0 Å². The van der Waals surface area contributed by atoms with Crippen molar-refractivity contribution in [1.29, 1.82) is 0 Å². The normalized spacial score (nSPS) is 20.5. The molecule has 0 bridgehead atoms. The minimum absolute atomic E-state index is 0.114. The number of hydrogen-bond donors (Lipinski definition) is 2. The van der Waals surface area contributed by atoms with Crippen LogP contribution in [0.15, 0.2) is 42.5 Å². The van der Waals surface area contributed by atoms with E-state index in [1.165, 1.54) is 11.8 Å². The molecular weight excluding hydrogens is 398 g/mol. The lowest BCUT2D eigenvalue weighted by Gasteiger charge is -2.39. The number of nitrogens with zero attached hydrogens (tertiary/aromatic N) is 3. The van der Waals surface area contributed by atoms with Crippen molar-refractivity contribution >= 4 is 29.3 Å². The van der Waals surface area contributed by atoms with E-state index in [1.807, 2.05) is 25.1 Å². The smallest absolute Gasteiger partial charge is 0.411 e. The molecule has 2 aliphatic heterocycles. The Morgan fingerprint density at radius 1 is 0.968 bits per heavy atom. The van der Waals surface area contributed by atoms with Gasteiger partial charge in [0.25, 0.3) is 5.91 Å². The van der Waals surface area contributed by atoms with Gasteiger partial charge in [0.2, 0.25) is 5.91 Å². The molecule has 8 heteroatoms. The van der Waals surface area contributed by atoms with Crippen LogP contribution in [0.3, 0.4) is 0 Å². The van der Waals surface area contributed by atoms with Crippen molar-refractivity contribution in [3.05, 3.63) is 48.0 Å². The quantitative estimate of drug-likeness (QED) is 0.774. The predicted molar refractivity (Wildman–Crippen MR) is 116 cm³/mol. The number of rotatable bonds is 2. The molecule has 0 unspecified atom stereocenters. The van der Waals surface area contributed by atoms with E-state index in [1.54, 1.807) is 34.1 Å². The van der Waals surface area contributed by atoms with E-state index >= 15 is 0 Å². The summed E-state index contributed by atoms with van der Waals surface area (Å²) in [6.45, 7) is 4.38. The molecule has 0 spiro atoms.